The molecule has 0 bridgehead atoms. The van der Waals surface area contributed by atoms with E-state index in [0.29, 0.717) is 23.9 Å². The third-order valence-corrected chi connectivity index (χ3v) is 3.26. The lowest BCUT2D eigenvalue weighted by Gasteiger charge is -2.13. The van der Waals surface area contributed by atoms with E-state index < -0.39 is 0 Å². The van der Waals surface area contributed by atoms with E-state index in [0.717, 1.165) is 12.0 Å². The molecule has 2 nitrogen and oxygen atoms in total. The van der Waals surface area contributed by atoms with Crippen molar-refractivity contribution in [3.63, 3.8) is 0 Å². The molecule has 1 amide bonds. The highest BCUT2D eigenvalue weighted by molar-refractivity contribution is 6.31. The zero-order valence-electron chi connectivity index (χ0n) is 10.7. The van der Waals surface area contributed by atoms with Gasteiger partial charge in [-0.15, -0.1) is 11.6 Å². The van der Waals surface area contributed by atoms with Crippen molar-refractivity contribution in [2.45, 2.75) is 32.1 Å². The van der Waals surface area contributed by atoms with Gasteiger partial charge in [-0.3, -0.25) is 4.79 Å². The minimum Gasteiger partial charge on any atom is -0.354 e. The molecule has 4 heteroatoms. The van der Waals surface area contributed by atoms with Crippen molar-refractivity contribution in [3.05, 3.63) is 34.9 Å². The van der Waals surface area contributed by atoms with Gasteiger partial charge in [-0.1, -0.05) is 43.6 Å². The first-order valence-electron chi connectivity index (χ1n) is 6.13. The summed E-state index contributed by atoms with van der Waals surface area (Å²) in [5.41, 5.74) is 0.839. The quantitative estimate of drug-likeness (QED) is 0.795. The zero-order chi connectivity index (χ0) is 13.5. The number of benzene rings is 1. The minimum atomic E-state index is -0.0440. The fourth-order valence-corrected chi connectivity index (χ4v) is 2.33. The molecule has 0 radical (unpaired) electrons. The van der Waals surface area contributed by atoms with Gasteiger partial charge >= 0.3 is 0 Å². The molecule has 0 spiro atoms. The fraction of sp³-hybridized carbons (Fsp3) is 0.500. The van der Waals surface area contributed by atoms with E-state index >= 15 is 0 Å². The summed E-state index contributed by atoms with van der Waals surface area (Å²) in [6.07, 6.45) is 1.19. The van der Waals surface area contributed by atoms with Crippen LogP contribution in [0.25, 0.3) is 0 Å². The van der Waals surface area contributed by atoms with Gasteiger partial charge in [0.05, 0.1) is 11.8 Å². The molecule has 1 aromatic rings. The second-order valence-corrected chi connectivity index (χ2v) is 5.82. The van der Waals surface area contributed by atoms with E-state index in [1.54, 1.807) is 6.07 Å². The van der Waals surface area contributed by atoms with Gasteiger partial charge in [-0.25, -0.2) is 0 Å². The van der Waals surface area contributed by atoms with Crippen molar-refractivity contribution in [2.75, 3.05) is 6.54 Å². The molecule has 0 saturated heterocycles. The van der Waals surface area contributed by atoms with Crippen LogP contribution in [0.3, 0.4) is 0 Å². The normalized spacial score (nSPS) is 12.5. The first-order chi connectivity index (χ1) is 8.49. The molecule has 0 aliphatic rings. The first kappa shape index (κ1) is 15.3. The number of carbonyl (C=O) groups is 1. The molecule has 18 heavy (non-hydrogen) atoms. The Bertz CT molecular complexity index is 393. The first-order valence-corrected chi connectivity index (χ1v) is 6.94. The molecule has 0 aliphatic heterocycles. The van der Waals surface area contributed by atoms with E-state index in [1.165, 1.54) is 0 Å². The van der Waals surface area contributed by atoms with Crippen LogP contribution in [0.2, 0.25) is 5.02 Å². The zero-order valence-corrected chi connectivity index (χ0v) is 12.3. The Kier molecular flexibility index (Phi) is 6.51. The lowest BCUT2D eigenvalue weighted by atomic mass is 10.1. The molecule has 0 fully saturated rings. The molecular formula is C14H19Cl2NO. The number of alkyl halides is 1. The van der Waals surface area contributed by atoms with Crippen LogP contribution in [0.5, 0.6) is 0 Å². The maximum atomic E-state index is 11.7. The maximum absolute atomic E-state index is 11.7. The second-order valence-electron chi connectivity index (χ2n) is 4.80. The van der Waals surface area contributed by atoms with Crippen LogP contribution in [0.4, 0.5) is 0 Å². The number of carbonyl (C=O) groups excluding carboxylic acids is 1. The highest BCUT2D eigenvalue weighted by atomic mass is 35.5. The molecule has 1 aromatic carbocycles. The van der Waals surface area contributed by atoms with Crippen molar-refractivity contribution >= 4 is 29.1 Å². The lowest BCUT2D eigenvalue weighted by molar-refractivity contribution is -0.120. The van der Waals surface area contributed by atoms with Crippen molar-refractivity contribution in [1.82, 2.24) is 5.32 Å². The van der Waals surface area contributed by atoms with Crippen LogP contribution in [0, 0.1) is 5.92 Å². The van der Waals surface area contributed by atoms with Crippen molar-refractivity contribution in [2.24, 2.45) is 5.92 Å². The summed E-state index contributed by atoms with van der Waals surface area (Å²) < 4.78 is 0. The minimum absolute atomic E-state index is 0.0137. The molecule has 1 atom stereocenters. The van der Waals surface area contributed by atoms with E-state index in [1.807, 2.05) is 18.2 Å². The summed E-state index contributed by atoms with van der Waals surface area (Å²) in [6.45, 7) is 4.73. The van der Waals surface area contributed by atoms with Gasteiger partial charge in [0.25, 0.3) is 0 Å². The molecule has 0 heterocycles. The van der Waals surface area contributed by atoms with Gasteiger partial charge < -0.3 is 5.32 Å². The molecule has 100 valence electrons. The van der Waals surface area contributed by atoms with Crippen LogP contribution < -0.4 is 5.32 Å². The number of hydrogen-bond acceptors (Lipinski definition) is 1. The van der Waals surface area contributed by atoms with Gasteiger partial charge in [0.1, 0.15) is 0 Å². The lowest BCUT2D eigenvalue weighted by Crippen LogP contribution is -2.31. The predicted molar refractivity (Wildman–Crippen MR) is 77.3 cm³/mol. The van der Waals surface area contributed by atoms with Crippen LogP contribution in [-0.2, 0) is 11.2 Å². The van der Waals surface area contributed by atoms with Gasteiger partial charge in [0.2, 0.25) is 5.91 Å². The monoisotopic (exact) mass is 287 g/mol. The van der Waals surface area contributed by atoms with Crippen LogP contribution in [0.15, 0.2) is 24.3 Å². The van der Waals surface area contributed by atoms with Crippen molar-refractivity contribution in [1.29, 1.82) is 0 Å². The second kappa shape index (κ2) is 7.65. The summed E-state index contributed by atoms with van der Waals surface area (Å²) in [6, 6.07) is 7.36. The Labute approximate surface area is 119 Å². The average Bonchev–Trinajstić information content (AvgIpc) is 2.29. The molecule has 0 aliphatic carbocycles. The Morgan fingerprint density at radius 2 is 2.00 bits per heavy atom. The molecule has 1 N–H and O–H groups in total. The fourth-order valence-electron chi connectivity index (χ4n) is 1.70. The highest BCUT2D eigenvalue weighted by Gasteiger charge is 2.10. The number of hydrogen-bond donors (Lipinski definition) is 1. The molecule has 1 rings (SSSR count). The van der Waals surface area contributed by atoms with Crippen LogP contribution in [-0.4, -0.2) is 17.8 Å². The Morgan fingerprint density at radius 1 is 1.33 bits per heavy atom. The average molecular weight is 288 g/mol. The summed E-state index contributed by atoms with van der Waals surface area (Å²) in [5.74, 6) is 0.491. The third-order valence-electron chi connectivity index (χ3n) is 2.56. The standard InChI is InChI=1S/C14H19Cl2NO/c1-10(2)7-12(15)9-17-14(18)8-11-5-3-4-6-13(11)16/h3-6,10,12H,7-9H2,1-2H3,(H,17,18). The molecular weight excluding hydrogens is 269 g/mol. The maximum Gasteiger partial charge on any atom is 0.224 e. The van der Waals surface area contributed by atoms with Gasteiger partial charge in [-0.2, -0.15) is 0 Å². The smallest absolute Gasteiger partial charge is 0.224 e. The number of amides is 1. The Balaban J connectivity index is 2.36. The number of nitrogens with one attached hydrogen (secondary N) is 1. The SMILES string of the molecule is CC(C)CC(Cl)CNC(=O)Cc1ccccc1Cl. The van der Waals surface area contributed by atoms with Crippen LogP contribution in [0.1, 0.15) is 25.8 Å². The topological polar surface area (TPSA) is 29.1 Å². The van der Waals surface area contributed by atoms with E-state index in [2.05, 4.69) is 19.2 Å². The summed E-state index contributed by atoms with van der Waals surface area (Å²) >= 11 is 12.1. The van der Waals surface area contributed by atoms with Gasteiger partial charge in [0.15, 0.2) is 0 Å². The predicted octanol–water partition coefficient (Wildman–Crippen LogP) is 3.65. The Morgan fingerprint density at radius 3 is 2.61 bits per heavy atom. The summed E-state index contributed by atoms with van der Waals surface area (Å²) in [4.78, 5) is 11.7. The number of halogens is 2. The summed E-state index contributed by atoms with van der Waals surface area (Å²) in [7, 11) is 0. The van der Waals surface area contributed by atoms with E-state index in [4.69, 9.17) is 23.2 Å². The largest absolute Gasteiger partial charge is 0.354 e. The van der Waals surface area contributed by atoms with Crippen LogP contribution >= 0.6 is 23.2 Å². The molecule has 0 aromatic heterocycles. The van der Waals surface area contributed by atoms with Crippen molar-refractivity contribution < 1.29 is 4.79 Å². The number of rotatable bonds is 6. The third kappa shape index (κ3) is 5.74. The van der Waals surface area contributed by atoms with E-state index in [9.17, 15) is 4.79 Å². The molecule has 0 saturated carbocycles. The van der Waals surface area contributed by atoms with E-state index in [-0.39, 0.29) is 11.3 Å². The summed E-state index contributed by atoms with van der Waals surface area (Å²) in [5, 5.41) is 3.44. The molecule has 1 unspecified atom stereocenters. The van der Waals surface area contributed by atoms with Gasteiger partial charge in [-0.05, 0) is 24.0 Å². The van der Waals surface area contributed by atoms with Gasteiger partial charge in [0, 0.05) is 11.6 Å². The highest BCUT2D eigenvalue weighted by Crippen LogP contribution is 2.15. The van der Waals surface area contributed by atoms with Crippen molar-refractivity contribution in [3.8, 4) is 0 Å². The Hall–Kier alpha value is -0.730.